The average molecular weight is 258 g/mol. The van der Waals surface area contributed by atoms with Crippen LogP contribution < -0.4 is 5.32 Å². The van der Waals surface area contributed by atoms with Gasteiger partial charge in [0.15, 0.2) is 0 Å². The summed E-state index contributed by atoms with van der Waals surface area (Å²) in [5, 5.41) is 13.4. The van der Waals surface area contributed by atoms with E-state index in [2.05, 4.69) is 24.2 Å². The molecule has 0 radical (unpaired) electrons. The van der Waals surface area contributed by atoms with E-state index in [9.17, 15) is 5.11 Å². The summed E-state index contributed by atoms with van der Waals surface area (Å²) in [5.74, 6) is 0. The Kier molecular flexibility index (Phi) is 8.59. The molecule has 108 valence electrons. The van der Waals surface area contributed by atoms with Gasteiger partial charge in [0.1, 0.15) is 0 Å². The Bertz CT molecular complexity index is 196. The lowest BCUT2D eigenvalue weighted by atomic mass is 10.0. The molecular formula is C14H30N2O2. The number of hydrogen-bond donors (Lipinski definition) is 2. The van der Waals surface area contributed by atoms with Gasteiger partial charge >= 0.3 is 0 Å². The summed E-state index contributed by atoms with van der Waals surface area (Å²) in [5.41, 5.74) is 0. The zero-order valence-electron chi connectivity index (χ0n) is 12.0. The first-order valence-electron chi connectivity index (χ1n) is 7.40. The molecule has 1 heterocycles. The first kappa shape index (κ1) is 15.9. The van der Waals surface area contributed by atoms with E-state index in [1.807, 2.05) is 0 Å². The van der Waals surface area contributed by atoms with Crippen molar-refractivity contribution in [2.24, 2.45) is 0 Å². The van der Waals surface area contributed by atoms with Crippen molar-refractivity contribution < 1.29 is 9.84 Å². The predicted octanol–water partition coefficient (Wildman–Crippen LogP) is 1.24. The number of nitrogens with zero attached hydrogens (tertiary/aromatic N) is 1. The van der Waals surface area contributed by atoms with Gasteiger partial charge in [-0.05, 0) is 32.9 Å². The smallest absolute Gasteiger partial charge is 0.0900 e. The Morgan fingerprint density at radius 1 is 1.44 bits per heavy atom. The van der Waals surface area contributed by atoms with E-state index in [1.165, 1.54) is 19.3 Å². The quantitative estimate of drug-likeness (QED) is 0.611. The summed E-state index contributed by atoms with van der Waals surface area (Å²) in [4.78, 5) is 2.21. The van der Waals surface area contributed by atoms with Gasteiger partial charge in [0.05, 0.1) is 12.7 Å². The fourth-order valence-electron chi connectivity index (χ4n) is 2.41. The minimum atomic E-state index is -0.365. The molecule has 0 aliphatic carbocycles. The summed E-state index contributed by atoms with van der Waals surface area (Å²) >= 11 is 0. The van der Waals surface area contributed by atoms with Gasteiger partial charge in [-0.3, -0.25) is 0 Å². The van der Waals surface area contributed by atoms with Crippen molar-refractivity contribution in [1.82, 2.24) is 10.2 Å². The fraction of sp³-hybridized carbons (Fsp3) is 1.00. The maximum Gasteiger partial charge on any atom is 0.0900 e. The van der Waals surface area contributed by atoms with Crippen LogP contribution in [0.2, 0.25) is 0 Å². The number of piperidine rings is 1. The zero-order chi connectivity index (χ0) is 13.2. The highest BCUT2D eigenvalue weighted by Crippen LogP contribution is 2.08. The van der Waals surface area contributed by atoms with Gasteiger partial charge in [0, 0.05) is 25.7 Å². The van der Waals surface area contributed by atoms with Crippen LogP contribution in [-0.2, 0) is 4.74 Å². The summed E-state index contributed by atoms with van der Waals surface area (Å²) in [6.07, 6.45) is 5.74. The van der Waals surface area contributed by atoms with Crippen LogP contribution in [0.3, 0.4) is 0 Å². The number of nitrogens with one attached hydrogen (secondary N) is 1. The number of ether oxygens (including phenoxy) is 1. The lowest BCUT2D eigenvalue weighted by molar-refractivity contribution is 0.0183. The van der Waals surface area contributed by atoms with Crippen LogP contribution >= 0.6 is 0 Å². The molecule has 1 rings (SSSR count). The molecular weight excluding hydrogens is 228 g/mol. The minimum Gasteiger partial charge on any atom is -0.389 e. The molecule has 1 aliphatic rings. The van der Waals surface area contributed by atoms with E-state index in [4.69, 9.17) is 4.74 Å². The molecule has 0 amide bonds. The third kappa shape index (κ3) is 7.31. The topological polar surface area (TPSA) is 44.7 Å². The number of aliphatic hydroxyl groups is 1. The Hall–Kier alpha value is -0.160. The lowest BCUT2D eigenvalue weighted by Crippen LogP contribution is -2.44. The summed E-state index contributed by atoms with van der Waals surface area (Å²) in [6, 6.07) is 0.594. The average Bonchev–Trinajstić information content (AvgIpc) is 2.35. The van der Waals surface area contributed by atoms with Crippen molar-refractivity contribution in [1.29, 1.82) is 0 Å². The monoisotopic (exact) mass is 258 g/mol. The summed E-state index contributed by atoms with van der Waals surface area (Å²) in [7, 11) is 2.07. The van der Waals surface area contributed by atoms with Crippen molar-refractivity contribution in [3.63, 3.8) is 0 Å². The van der Waals surface area contributed by atoms with E-state index < -0.39 is 0 Å². The largest absolute Gasteiger partial charge is 0.389 e. The Balaban J connectivity index is 2.04. The van der Waals surface area contributed by atoms with Gasteiger partial charge < -0.3 is 20.1 Å². The summed E-state index contributed by atoms with van der Waals surface area (Å²) in [6.45, 7) is 6.23. The van der Waals surface area contributed by atoms with Gasteiger partial charge in [-0.15, -0.1) is 0 Å². The molecule has 0 spiro atoms. The van der Waals surface area contributed by atoms with Crippen molar-refractivity contribution in [3.05, 3.63) is 0 Å². The van der Waals surface area contributed by atoms with Crippen molar-refractivity contribution in [2.75, 3.05) is 39.9 Å². The Labute approximate surface area is 112 Å². The Morgan fingerprint density at radius 3 is 2.94 bits per heavy atom. The number of likely N-dealkylation sites (N-methyl/N-ethyl adjacent to an activating group) is 1. The number of hydrogen-bond acceptors (Lipinski definition) is 4. The highest BCUT2D eigenvalue weighted by Gasteiger charge is 2.16. The number of unbranched alkanes of at least 4 members (excludes halogenated alkanes) is 1. The van der Waals surface area contributed by atoms with Crippen LogP contribution in [0.4, 0.5) is 0 Å². The van der Waals surface area contributed by atoms with Gasteiger partial charge in [-0.1, -0.05) is 19.8 Å². The van der Waals surface area contributed by atoms with E-state index in [1.54, 1.807) is 0 Å². The molecule has 1 saturated heterocycles. The van der Waals surface area contributed by atoms with E-state index in [-0.39, 0.29) is 6.10 Å². The van der Waals surface area contributed by atoms with Crippen molar-refractivity contribution in [3.8, 4) is 0 Å². The molecule has 0 saturated carbocycles. The molecule has 4 nitrogen and oxygen atoms in total. The Morgan fingerprint density at radius 2 is 2.28 bits per heavy atom. The first-order chi connectivity index (χ1) is 8.72. The number of aliphatic hydroxyl groups excluding tert-OH is 1. The SMILES string of the molecule is CCCCOCC(O)CN(C)CC1CCCCN1. The minimum absolute atomic E-state index is 0.365. The van der Waals surface area contributed by atoms with Crippen LogP contribution in [0, 0.1) is 0 Å². The lowest BCUT2D eigenvalue weighted by Gasteiger charge is -2.29. The van der Waals surface area contributed by atoms with Gasteiger partial charge in [0.2, 0.25) is 0 Å². The fourth-order valence-corrected chi connectivity index (χ4v) is 2.41. The van der Waals surface area contributed by atoms with Gasteiger partial charge in [-0.25, -0.2) is 0 Å². The van der Waals surface area contributed by atoms with Gasteiger partial charge in [-0.2, -0.15) is 0 Å². The molecule has 0 aromatic carbocycles. The second kappa shape index (κ2) is 9.73. The van der Waals surface area contributed by atoms with E-state index >= 15 is 0 Å². The molecule has 2 N–H and O–H groups in total. The molecule has 18 heavy (non-hydrogen) atoms. The molecule has 0 aromatic heterocycles. The second-order valence-corrected chi connectivity index (χ2v) is 5.45. The summed E-state index contributed by atoms with van der Waals surface area (Å²) < 4.78 is 5.43. The van der Waals surface area contributed by atoms with Crippen LogP contribution in [0.15, 0.2) is 0 Å². The van der Waals surface area contributed by atoms with E-state index in [0.717, 1.165) is 32.5 Å². The normalized spacial score (nSPS) is 22.3. The van der Waals surface area contributed by atoms with Crippen LogP contribution in [-0.4, -0.2) is 62.0 Å². The van der Waals surface area contributed by atoms with Crippen LogP contribution in [0.1, 0.15) is 39.0 Å². The van der Waals surface area contributed by atoms with Crippen LogP contribution in [0.5, 0.6) is 0 Å². The van der Waals surface area contributed by atoms with Crippen molar-refractivity contribution in [2.45, 2.75) is 51.2 Å². The third-order valence-corrected chi connectivity index (χ3v) is 3.42. The molecule has 1 fully saturated rings. The molecule has 0 aromatic rings. The zero-order valence-corrected chi connectivity index (χ0v) is 12.0. The van der Waals surface area contributed by atoms with Crippen molar-refractivity contribution >= 4 is 0 Å². The number of rotatable bonds is 9. The molecule has 2 unspecified atom stereocenters. The third-order valence-electron chi connectivity index (χ3n) is 3.42. The predicted molar refractivity (Wildman–Crippen MR) is 74.9 cm³/mol. The van der Waals surface area contributed by atoms with Gasteiger partial charge in [0.25, 0.3) is 0 Å². The van der Waals surface area contributed by atoms with Crippen LogP contribution in [0.25, 0.3) is 0 Å². The molecule has 1 aliphatic heterocycles. The molecule has 4 heteroatoms. The first-order valence-corrected chi connectivity index (χ1v) is 7.40. The molecule has 0 bridgehead atoms. The standard InChI is InChI=1S/C14H30N2O2/c1-3-4-9-18-12-14(17)11-16(2)10-13-7-5-6-8-15-13/h13-15,17H,3-12H2,1-2H3. The van der Waals surface area contributed by atoms with E-state index in [0.29, 0.717) is 19.2 Å². The second-order valence-electron chi connectivity index (χ2n) is 5.45. The molecule has 2 atom stereocenters. The highest BCUT2D eigenvalue weighted by molar-refractivity contribution is 4.75. The highest BCUT2D eigenvalue weighted by atomic mass is 16.5. The maximum absolute atomic E-state index is 9.86. The maximum atomic E-state index is 9.86.